The first-order valence-corrected chi connectivity index (χ1v) is 11.5. The van der Waals surface area contributed by atoms with Gasteiger partial charge in [0.1, 0.15) is 5.00 Å². The number of thiazole rings is 1. The highest BCUT2D eigenvalue weighted by Crippen LogP contribution is 2.32. The number of aryl methyl sites for hydroxylation is 1. The molecule has 4 aromatic rings. The van der Waals surface area contributed by atoms with Crippen LogP contribution in [0.4, 0.5) is 5.13 Å². The second-order valence-electron chi connectivity index (χ2n) is 7.15. The summed E-state index contributed by atoms with van der Waals surface area (Å²) >= 11 is 3.00. The lowest BCUT2D eigenvalue weighted by Gasteiger charge is -2.06. The van der Waals surface area contributed by atoms with E-state index in [2.05, 4.69) is 15.6 Å². The predicted octanol–water partition coefficient (Wildman–Crippen LogP) is 5.17. The van der Waals surface area contributed by atoms with Crippen molar-refractivity contribution in [3.63, 3.8) is 0 Å². The van der Waals surface area contributed by atoms with Crippen molar-refractivity contribution in [1.29, 1.82) is 0 Å². The zero-order valence-electron chi connectivity index (χ0n) is 17.4. The van der Waals surface area contributed by atoms with E-state index >= 15 is 0 Å². The molecule has 0 radical (unpaired) electrons. The van der Waals surface area contributed by atoms with Gasteiger partial charge in [-0.05, 0) is 37.1 Å². The summed E-state index contributed by atoms with van der Waals surface area (Å²) in [6.07, 6.45) is 3.89. The summed E-state index contributed by atoms with van der Waals surface area (Å²) in [5.41, 5.74) is 4.44. The zero-order valence-corrected chi connectivity index (χ0v) is 19.1. The number of rotatable bonds is 6. The summed E-state index contributed by atoms with van der Waals surface area (Å²) in [5.74, 6) is -0.211. The van der Waals surface area contributed by atoms with Crippen LogP contribution in [0.15, 0.2) is 54.2 Å². The quantitative estimate of drug-likeness (QED) is 0.426. The molecule has 3 heterocycles. The van der Waals surface area contributed by atoms with Gasteiger partial charge in [-0.25, -0.2) is 4.98 Å². The van der Waals surface area contributed by atoms with Gasteiger partial charge in [-0.1, -0.05) is 24.3 Å². The number of carbonyl (C=O) groups is 2. The van der Waals surface area contributed by atoms with Crippen LogP contribution in [-0.2, 0) is 11.3 Å². The molecule has 0 aliphatic rings. The van der Waals surface area contributed by atoms with Crippen molar-refractivity contribution in [2.24, 2.45) is 0 Å². The Kier molecular flexibility index (Phi) is 6.01. The third-order valence-electron chi connectivity index (χ3n) is 4.95. The first-order chi connectivity index (χ1) is 14.9. The molecule has 0 bridgehead atoms. The van der Waals surface area contributed by atoms with Crippen LogP contribution in [0.1, 0.15) is 33.3 Å². The highest BCUT2D eigenvalue weighted by Gasteiger charge is 2.21. The molecule has 0 atom stereocenters. The number of amides is 2. The van der Waals surface area contributed by atoms with Gasteiger partial charge in [-0.3, -0.25) is 14.9 Å². The van der Waals surface area contributed by atoms with Crippen LogP contribution >= 0.6 is 22.7 Å². The molecule has 4 rings (SSSR count). The summed E-state index contributed by atoms with van der Waals surface area (Å²) < 4.78 is 1.97. The number of nitrogens with one attached hydrogen (secondary N) is 2. The van der Waals surface area contributed by atoms with Crippen LogP contribution in [0.5, 0.6) is 0 Å². The van der Waals surface area contributed by atoms with Crippen LogP contribution in [0.2, 0.25) is 0 Å². The van der Waals surface area contributed by atoms with Crippen LogP contribution < -0.4 is 10.6 Å². The topological polar surface area (TPSA) is 76.0 Å². The van der Waals surface area contributed by atoms with Crippen molar-refractivity contribution < 1.29 is 9.59 Å². The van der Waals surface area contributed by atoms with Gasteiger partial charge in [0.25, 0.3) is 5.91 Å². The fraction of sp³-hybridized carbons (Fsp3) is 0.174. The van der Waals surface area contributed by atoms with Gasteiger partial charge in [-0.2, -0.15) is 0 Å². The van der Waals surface area contributed by atoms with Gasteiger partial charge in [-0.15, -0.1) is 22.7 Å². The minimum atomic E-state index is -0.155. The van der Waals surface area contributed by atoms with Crippen LogP contribution in [0.25, 0.3) is 16.3 Å². The molecule has 1 aromatic carbocycles. The molecule has 6 nitrogen and oxygen atoms in total. The highest BCUT2D eigenvalue weighted by atomic mass is 32.1. The molecule has 158 valence electrons. The number of hydrogen-bond acceptors (Lipinski definition) is 5. The number of aromatic nitrogens is 2. The molecular weight excluding hydrogens is 428 g/mol. The molecule has 2 amide bonds. The Balaban J connectivity index is 1.51. The zero-order chi connectivity index (χ0) is 22.0. The Morgan fingerprint density at radius 3 is 2.48 bits per heavy atom. The van der Waals surface area contributed by atoms with E-state index in [-0.39, 0.29) is 11.8 Å². The molecule has 0 fully saturated rings. The second kappa shape index (κ2) is 8.87. The van der Waals surface area contributed by atoms with Gasteiger partial charge in [0, 0.05) is 41.7 Å². The van der Waals surface area contributed by atoms with Crippen molar-refractivity contribution in [1.82, 2.24) is 14.9 Å². The van der Waals surface area contributed by atoms with E-state index in [1.54, 1.807) is 11.3 Å². The second-order valence-corrected chi connectivity index (χ2v) is 9.21. The van der Waals surface area contributed by atoms with Crippen LogP contribution in [0.3, 0.4) is 0 Å². The van der Waals surface area contributed by atoms with E-state index in [0.717, 1.165) is 32.3 Å². The summed E-state index contributed by atoms with van der Waals surface area (Å²) in [4.78, 5) is 29.9. The maximum atomic E-state index is 13.1. The lowest BCUT2D eigenvalue weighted by atomic mass is 10.1. The third kappa shape index (κ3) is 4.60. The SMILES string of the molecule is CC(=O)NCc1ccc(-c2csc(NC(=O)c3c(-n4cccc4)sc(C)c3C)n2)cc1. The molecule has 3 aromatic heterocycles. The molecule has 0 unspecified atom stereocenters. The van der Waals surface area contributed by atoms with Crippen molar-refractivity contribution in [3.05, 3.63) is 75.7 Å². The van der Waals surface area contributed by atoms with E-state index in [9.17, 15) is 9.59 Å². The van der Waals surface area contributed by atoms with E-state index in [1.807, 2.05) is 72.6 Å². The standard InChI is InChI=1S/C23H22N4O2S2/c1-14-15(2)31-22(27-10-4-5-11-27)20(14)21(29)26-23-25-19(13-30-23)18-8-6-17(7-9-18)12-24-16(3)28/h4-11,13H,12H2,1-3H3,(H,24,28)(H,25,26,29). The van der Waals surface area contributed by atoms with Crippen molar-refractivity contribution in [2.75, 3.05) is 5.32 Å². The van der Waals surface area contributed by atoms with E-state index < -0.39 is 0 Å². The van der Waals surface area contributed by atoms with Gasteiger partial charge in [0.05, 0.1) is 11.3 Å². The predicted molar refractivity (Wildman–Crippen MR) is 126 cm³/mol. The average molecular weight is 451 g/mol. The lowest BCUT2D eigenvalue weighted by Crippen LogP contribution is -2.18. The Hall–Kier alpha value is -3.23. The monoisotopic (exact) mass is 450 g/mol. The van der Waals surface area contributed by atoms with Crippen LogP contribution in [0, 0.1) is 13.8 Å². The van der Waals surface area contributed by atoms with Gasteiger partial charge < -0.3 is 9.88 Å². The fourth-order valence-electron chi connectivity index (χ4n) is 3.17. The van der Waals surface area contributed by atoms with E-state index in [1.165, 1.54) is 18.3 Å². The average Bonchev–Trinajstić information content (AvgIpc) is 3.48. The highest BCUT2D eigenvalue weighted by molar-refractivity contribution is 7.15. The number of anilines is 1. The largest absolute Gasteiger partial charge is 0.352 e. The molecule has 0 aliphatic heterocycles. The molecule has 2 N–H and O–H groups in total. The number of carbonyl (C=O) groups excluding carboxylic acids is 2. The Bertz CT molecular complexity index is 1220. The summed E-state index contributed by atoms with van der Waals surface area (Å²) in [7, 11) is 0. The number of hydrogen-bond donors (Lipinski definition) is 2. The van der Waals surface area contributed by atoms with E-state index in [0.29, 0.717) is 17.2 Å². The number of benzene rings is 1. The molecule has 8 heteroatoms. The molecule has 0 saturated carbocycles. The molecule has 0 saturated heterocycles. The first kappa shape index (κ1) is 21.0. The maximum absolute atomic E-state index is 13.1. The van der Waals surface area contributed by atoms with Crippen molar-refractivity contribution in [3.8, 4) is 16.3 Å². The smallest absolute Gasteiger partial charge is 0.260 e. The Morgan fingerprint density at radius 1 is 1.10 bits per heavy atom. The number of thiophene rings is 1. The minimum Gasteiger partial charge on any atom is -0.352 e. The third-order valence-corrected chi connectivity index (χ3v) is 6.93. The molecule has 31 heavy (non-hydrogen) atoms. The van der Waals surface area contributed by atoms with Gasteiger partial charge in [0.2, 0.25) is 5.91 Å². The first-order valence-electron chi connectivity index (χ1n) is 9.76. The van der Waals surface area contributed by atoms with Crippen molar-refractivity contribution >= 4 is 39.6 Å². The van der Waals surface area contributed by atoms with Crippen molar-refractivity contribution in [2.45, 2.75) is 27.3 Å². The summed E-state index contributed by atoms with van der Waals surface area (Å²) in [6, 6.07) is 11.7. The Labute approximate surface area is 188 Å². The summed E-state index contributed by atoms with van der Waals surface area (Å²) in [5, 5.41) is 9.14. The van der Waals surface area contributed by atoms with Gasteiger partial charge >= 0.3 is 0 Å². The minimum absolute atomic E-state index is 0.0556. The Morgan fingerprint density at radius 2 is 1.81 bits per heavy atom. The summed E-state index contributed by atoms with van der Waals surface area (Å²) in [6.45, 7) is 6.00. The molecule has 0 aliphatic carbocycles. The molecular formula is C23H22N4O2S2. The lowest BCUT2D eigenvalue weighted by molar-refractivity contribution is -0.119. The molecule has 0 spiro atoms. The van der Waals surface area contributed by atoms with Gasteiger partial charge in [0.15, 0.2) is 5.13 Å². The van der Waals surface area contributed by atoms with Crippen LogP contribution in [-0.4, -0.2) is 21.4 Å². The normalized spacial score (nSPS) is 10.8. The fourth-order valence-corrected chi connectivity index (χ4v) is 5.01. The van der Waals surface area contributed by atoms with E-state index in [4.69, 9.17) is 0 Å². The maximum Gasteiger partial charge on any atom is 0.260 e. The number of nitrogens with zero attached hydrogens (tertiary/aromatic N) is 2.